The lowest BCUT2D eigenvalue weighted by Gasteiger charge is -2.15. The maximum Gasteiger partial charge on any atom is 0.191 e. The summed E-state index contributed by atoms with van der Waals surface area (Å²) in [5, 5.41) is 7.24. The molecule has 88 valence electrons. The van der Waals surface area contributed by atoms with Crippen LogP contribution in [0.15, 0.2) is 29.3 Å². The van der Waals surface area contributed by atoms with Crippen LogP contribution in [0.3, 0.4) is 0 Å². The molecular formula is C11H15ClIN3. The second kappa shape index (κ2) is 6.96. The van der Waals surface area contributed by atoms with E-state index in [0.29, 0.717) is 0 Å². The molecule has 3 nitrogen and oxygen atoms in total. The first kappa shape index (κ1) is 13.6. The van der Waals surface area contributed by atoms with E-state index in [0.717, 1.165) is 37.0 Å². The maximum absolute atomic E-state index is 5.80. The summed E-state index contributed by atoms with van der Waals surface area (Å²) in [4.78, 5) is 4.33. The van der Waals surface area contributed by atoms with E-state index in [2.05, 4.69) is 15.6 Å². The minimum Gasteiger partial charge on any atom is -0.356 e. The van der Waals surface area contributed by atoms with Crippen molar-refractivity contribution in [3.8, 4) is 0 Å². The molecule has 2 N–H and O–H groups in total. The summed E-state index contributed by atoms with van der Waals surface area (Å²) in [6.07, 6.45) is 1.12. The summed E-state index contributed by atoms with van der Waals surface area (Å²) < 4.78 is 0. The van der Waals surface area contributed by atoms with Gasteiger partial charge in [-0.05, 0) is 24.1 Å². The molecule has 1 aromatic carbocycles. The highest BCUT2D eigenvalue weighted by Gasteiger charge is 2.02. The first-order valence-electron chi connectivity index (χ1n) is 5.11. The van der Waals surface area contributed by atoms with Crippen molar-refractivity contribution in [1.29, 1.82) is 0 Å². The summed E-state index contributed by atoms with van der Waals surface area (Å²) in [6, 6.07) is 7.82. The number of hydrogen-bond acceptors (Lipinski definition) is 3. The molecule has 1 aliphatic heterocycles. The molecule has 0 amide bonds. The van der Waals surface area contributed by atoms with Crippen molar-refractivity contribution in [2.75, 3.05) is 13.1 Å². The first-order chi connectivity index (χ1) is 7.34. The van der Waals surface area contributed by atoms with Crippen LogP contribution in [0.1, 0.15) is 12.0 Å². The number of hydrogen-bond donors (Lipinski definition) is 2. The van der Waals surface area contributed by atoms with E-state index in [4.69, 9.17) is 11.6 Å². The Kier molecular flexibility index (Phi) is 5.90. The van der Waals surface area contributed by atoms with Crippen molar-refractivity contribution in [3.05, 3.63) is 34.9 Å². The summed E-state index contributed by atoms with van der Waals surface area (Å²) >= 11 is 5.80. The molecule has 0 radical (unpaired) electrons. The standard InChI is InChI=1S/C11H14ClN3.HI/c12-10-4-2-9(3-5-10)8-15-11-13-6-1-7-14-11;/h2-5H,1,6-8H2,(H2,13,14,15);1H. The van der Waals surface area contributed by atoms with Gasteiger partial charge in [0.05, 0.1) is 0 Å². The van der Waals surface area contributed by atoms with Gasteiger partial charge < -0.3 is 10.6 Å². The highest BCUT2D eigenvalue weighted by molar-refractivity contribution is 14.0. The second-order valence-corrected chi connectivity index (χ2v) is 3.93. The zero-order valence-electron chi connectivity index (χ0n) is 8.87. The topological polar surface area (TPSA) is 36.4 Å². The van der Waals surface area contributed by atoms with E-state index < -0.39 is 0 Å². The van der Waals surface area contributed by atoms with E-state index in [1.807, 2.05) is 24.3 Å². The van der Waals surface area contributed by atoms with Gasteiger partial charge in [-0.3, -0.25) is 4.99 Å². The monoisotopic (exact) mass is 351 g/mol. The Balaban J connectivity index is 0.00000128. The fourth-order valence-corrected chi connectivity index (χ4v) is 1.57. The quantitative estimate of drug-likeness (QED) is 0.803. The van der Waals surface area contributed by atoms with Crippen LogP contribution >= 0.6 is 35.6 Å². The van der Waals surface area contributed by atoms with Crippen molar-refractivity contribution in [2.24, 2.45) is 4.99 Å². The molecule has 0 spiro atoms. The molecule has 0 saturated heterocycles. The third-order valence-corrected chi connectivity index (χ3v) is 2.52. The van der Waals surface area contributed by atoms with Crippen molar-refractivity contribution < 1.29 is 0 Å². The van der Waals surface area contributed by atoms with Gasteiger partial charge in [0, 0.05) is 24.7 Å². The van der Waals surface area contributed by atoms with Crippen LogP contribution in [0.4, 0.5) is 0 Å². The SMILES string of the molecule is Clc1ccc(CNC2=NCCCN2)cc1.I. The van der Waals surface area contributed by atoms with Gasteiger partial charge in [0.2, 0.25) is 0 Å². The summed E-state index contributed by atoms with van der Waals surface area (Å²) in [7, 11) is 0. The fourth-order valence-electron chi connectivity index (χ4n) is 1.44. The molecule has 2 rings (SSSR count). The molecular weight excluding hydrogens is 336 g/mol. The van der Waals surface area contributed by atoms with E-state index in [-0.39, 0.29) is 24.0 Å². The first-order valence-corrected chi connectivity index (χ1v) is 5.49. The molecule has 0 aromatic heterocycles. The molecule has 1 heterocycles. The molecule has 1 aliphatic rings. The smallest absolute Gasteiger partial charge is 0.191 e. The number of benzene rings is 1. The van der Waals surface area contributed by atoms with Crippen LogP contribution in [-0.2, 0) is 6.54 Å². The zero-order chi connectivity index (χ0) is 10.5. The largest absolute Gasteiger partial charge is 0.356 e. The van der Waals surface area contributed by atoms with Crippen molar-refractivity contribution in [1.82, 2.24) is 10.6 Å². The van der Waals surface area contributed by atoms with E-state index >= 15 is 0 Å². The Bertz CT molecular complexity index is 351. The van der Waals surface area contributed by atoms with Crippen LogP contribution in [0.25, 0.3) is 0 Å². The Labute approximate surface area is 118 Å². The summed E-state index contributed by atoms with van der Waals surface area (Å²) in [6.45, 7) is 2.70. The zero-order valence-corrected chi connectivity index (χ0v) is 12.0. The minimum absolute atomic E-state index is 0. The van der Waals surface area contributed by atoms with Gasteiger partial charge in [-0.15, -0.1) is 24.0 Å². The number of rotatable bonds is 2. The van der Waals surface area contributed by atoms with Gasteiger partial charge in [0.25, 0.3) is 0 Å². The fraction of sp³-hybridized carbons (Fsp3) is 0.364. The maximum atomic E-state index is 5.80. The lowest BCUT2D eigenvalue weighted by Crippen LogP contribution is -2.40. The van der Waals surface area contributed by atoms with E-state index in [1.165, 1.54) is 5.56 Å². The van der Waals surface area contributed by atoms with Crippen LogP contribution < -0.4 is 10.6 Å². The van der Waals surface area contributed by atoms with Gasteiger partial charge >= 0.3 is 0 Å². The van der Waals surface area contributed by atoms with Crippen molar-refractivity contribution in [3.63, 3.8) is 0 Å². The molecule has 0 unspecified atom stereocenters. The summed E-state index contributed by atoms with van der Waals surface area (Å²) in [5.41, 5.74) is 1.20. The third kappa shape index (κ3) is 4.17. The van der Waals surface area contributed by atoms with E-state index in [9.17, 15) is 0 Å². The van der Waals surface area contributed by atoms with Crippen LogP contribution in [0, 0.1) is 0 Å². The Morgan fingerprint density at radius 2 is 2.06 bits per heavy atom. The molecule has 0 aliphatic carbocycles. The van der Waals surface area contributed by atoms with Crippen LogP contribution in [0.2, 0.25) is 5.02 Å². The Morgan fingerprint density at radius 3 is 2.69 bits per heavy atom. The van der Waals surface area contributed by atoms with Crippen LogP contribution in [0.5, 0.6) is 0 Å². The van der Waals surface area contributed by atoms with E-state index in [1.54, 1.807) is 0 Å². The average Bonchev–Trinajstić information content (AvgIpc) is 2.30. The van der Waals surface area contributed by atoms with Gasteiger partial charge in [0.1, 0.15) is 0 Å². The predicted octanol–water partition coefficient (Wildman–Crippen LogP) is 2.40. The molecule has 0 fully saturated rings. The predicted molar refractivity (Wildman–Crippen MR) is 78.6 cm³/mol. The molecule has 5 heteroatoms. The Morgan fingerprint density at radius 1 is 1.31 bits per heavy atom. The van der Waals surface area contributed by atoms with Gasteiger partial charge in [-0.2, -0.15) is 0 Å². The molecule has 0 bridgehead atoms. The Hall–Kier alpha value is -0.490. The van der Waals surface area contributed by atoms with Crippen molar-refractivity contribution >= 4 is 41.5 Å². The number of nitrogens with one attached hydrogen (secondary N) is 2. The van der Waals surface area contributed by atoms with Gasteiger partial charge in [0.15, 0.2) is 5.96 Å². The number of aliphatic imine (C=N–C) groups is 1. The lowest BCUT2D eigenvalue weighted by molar-refractivity contribution is 0.702. The molecule has 0 saturated carbocycles. The van der Waals surface area contributed by atoms with Gasteiger partial charge in [-0.25, -0.2) is 0 Å². The molecule has 0 atom stereocenters. The number of nitrogens with zero attached hydrogens (tertiary/aromatic N) is 1. The molecule has 16 heavy (non-hydrogen) atoms. The number of guanidine groups is 1. The third-order valence-electron chi connectivity index (χ3n) is 2.27. The highest BCUT2D eigenvalue weighted by Crippen LogP contribution is 2.09. The normalized spacial score (nSPS) is 14.4. The summed E-state index contributed by atoms with van der Waals surface area (Å²) in [5.74, 6) is 0.899. The van der Waals surface area contributed by atoms with Gasteiger partial charge in [-0.1, -0.05) is 23.7 Å². The number of halogens is 2. The minimum atomic E-state index is 0. The highest BCUT2D eigenvalue weighted by atomic mass is 127. The van der Waals surface area contributed by atoms with Crippen molar-refractivity contribution in [2.45, 2.75) is 13.0 Å². The van der Waals surface area contributed by atoms with Crippen LogP contribution in [-0.4, -0.2) is 19.0 Å². The lowest BCUT2D eigenvalue weighted by atomic mass is 10.2. The second-order valence-electron chi connectivity index (χ2n) is 3.49. The molecule has 1 aromatic rings. The average molecular weight is 352 g/mol.